The number of halogens is 1. The number of aromatic nitrogens is 2. The number of nitrogens with two attached hydrogens (primary N) is 1. The highest BCUT2D eigenvalue weighted by molar-refractivity contribution is 5.41. The van der Waals surface area contributed by atoms with Crippen molar-refractivity contribution in [3.63, 3.8) is 0 Å². The molecule has 4 N–H and O–H groups in total. The van der Waals surface area contributed by atoms with E-state index in [4.69, 9.17) is 10.6 Å². The largest absolute Gasteiger partial charge is 0.375 e. The first-order chi connectivity index (χ1) is 8.50. The highest BCUT2D eigenvalue weighted by Gasteiger charge is 2.29. The number of ether oxygens (including phenoxy) is 1. The van der Waals surface area contributed by atoms with Gasteiger partial charge < -0.3 is 10.1 Å². The molecule has 100 valence electrons. The van der Waals surface area contributed by atoms with E-state index < -0.39 is 5.82 Å². The highest BCUT2D eigenvalue weighted by Crippen LogP contribution is 2.26. The summed E-state index contributed by atoms with van der Waals surface area (Å²) < 4.78 is 19.2. The molecule has 1 aliphatic rings. The number of hydrogen-bond acceptors (Lipinski definition) is 6. The van der Waals surface area contributed by atoms with E-state index in [2.05, 4.69) is 20.7 Å². The zero-order chi connectivity index (χ0) is 13.2. The average molecular weight is 255 g/mol. The van der Waals surface area contributed by atoms with Gasteiger partial charge in [0.05, 0.1) is 11.8 Å². The second-order valence-electron chi connectivity index (χ2n) is 4.98. The topological polar surface area (TPSA) is 85.1 Å². The molecule has 2 rings (SSSR count). The Morgan fingerprint density at radius 1 is 1.56 bits per heavy atom. The quantitative estimate of drug-likeness (QED) is 0.557. The van der Waals surface area contributed by atoms with E-state index in [0.717, 1.165) is 19.0 Å². The fourth-order valence-corrected chi connectivity index (χ4v) is 2.09. The second-order valence-corrected chi connectivity index (χ2v) is 4.98. The smallest absolute Gasteiger partial charge is 0.239 e. The molecular formula is C11H18FN5O. The van der Waals surface area contributed by atoms with Crippen LogP contribution in [-0.4, -0.2) is 28.2 Å². The Kier molecular flexibility index (Phi) is 3.63. The third-order valence-corrected chi connectivity index (χ3v) is 2.91. The van der Waals surface area contributed by atoms with Crippen molar-refractivity contribution in [2.75, 3.05) is 17.3 Å². The molecule has 0 amide bonds. The summed E-state index contributed by atoms with van der Waals surface area (Å²) >= 11 is 0. The van der Waals surface area contributed by atoms with Crippen molar-refractivity contribution < 1.29 is 9.13 Å². The molecule has 1 saturated heterocycles. The van der Waals surface area contributed by atoms with E-state index in [-0.39, 0.29) is 23.4 Å². The highest BCUT2D eigenvalue weighted by atomic mass is 19.1. The first-order valence-electron chi connectivity index (χ1n) is 5.90. The zero-order valence-corrected chi connectivity index (χ0v) is 10.5. The lowest BCUT2D eigenvalue weighted by Crippen LogP contribution is -2.40. The monoisotopic (exact) mass is 255 g/mol. The lowest BCUT2D eigenvalue weighted by atomic mass is 9.94. The molecule has 0 bridgehead atoms. The molecule has 0 radical (unpaired) electrons. The van der Waals surface area contributed by atoms with E-state index in [0.29, 0.717) is 6.61 Å². The maximum absolute atomic E-state index is 13.6. The molecule has 1 unspecified atom stereocenters. The molecule has 0 spiro atoms. The van der Waals surface area contributed by atoms with Gasteiger partial charge in [0.2, 0.25) is 5.95 Å². The molecule has 1 aliphatic heterocycles. The number of anilines is 2. The van der Waals surface area contributed by atoms with Gasteiger partial charge in [0, 0.05) is 12.6 Å². The molecule has 1 aromatic heterocycles. The van der Waals surface area contributed by atoms with Gasteiger partial charge in [0.1, 0.15) is 0 Å². The van der Waals surface area contributed by atoms with Crippen LogP contribution in [0.4, 0.5) is 16.2 Å². The van der Waals surface area contributed by atoms with Crippen molar-refractivity contribution in [3.8, 4) is 0 Å². The van der Waals surface area contributed by atoms with E-state index in [1.807, 2.05) is 13.8 Å². The van der Waals surface area contributed by atoms with Crippen LogP contribution in [0.2, 0.25) is 0 Å². The molecule has 18 heavy (non-hydrogen) atoms. The summed E-state index contributed by atoms with van der Waals surface area (Å²) in [6.45, 7) is 4.69. The van der Waals surface area contributed by atoms with Crippen LogP contribution in [0.15, 0.2) is 6.20 Å². The fraction of sp³-hybridized carbons (Fsp3) is 0.636. The molecule has 1 aromatic rings. The number of hydrazine groups is 1. The minimum atomic E-state index is -0.488. The Hall–Kier alpha value is -1.47. The van der Waals surface area contributed by atoms with Gasteiger partial charge in [-0.25, -0.2) is 15.2 Å². The predicted molar refractivity (Wildman–Crippen MR) is 66.5 cm³/mol. The molecule has 0 saturated carbocycles. The van der Waals surface area contributed by atoms with Crippen LogP contribution >= 0.6 is 0 Å². The number of nitrogens with one attached hydrogen (secondary N) is 2. The summed E-state index contributed by atoms with van der Waals surface area (Å²) in [7, 11) is 0. The van der Waals surface area contributed by atoms with Gasteiger partial charge in [-0.1, -0.05) is 0 Å². The Morgan fingerprint density at radius 3 is 3.00 bits per heavy atom. The van der Waals surface area contributed by atoms with Crippen LogP contribution in [0.1, 0.15) is 26.7 Å². The van der Waals surface area contributed by atoms with Gasteiger partial charge in [-0.05, 0) is 26.7 Å². The van der Waals surface area contributed by atoms with Crippen LogP contribution in [-0.2, 0) is 4.74 Å². The Bertz CT molecular complexity index is 426. The zero-order valence-electron chi connectivity index (χ0n) is 10.5. The third-order valence-electron chi connectivity index (χ3n) is 2.91. The minimum absolute atomic E-state index is 0.128. The normalized spacial score (nSPS) is 22.6. The summed E-state index contributed by atoms with van der Waals surface area (Å²) in [5, 5.41) is 3.08. The van der Waals surface area contributed by atoms with E-state index in [1.165, 1.54) is 0 Å². The maximum atomic E-state index is 13.6. The van der Waals surface area contributed by atoms with Crippen LogP contribution in [0, 0.1) is 5.82 Å². The lowest BCUT2D eigenvalue weighted by Gasteiger charge is -2.36. The number of rotatable bonds is 3. The number of nitrogens with zero attached hydrogens (tertiary/aromatic N) is 2. The number of hydrogen-bond donors (Lipinski definition) is 3. The van der Waals surface area contributed by atoms with Crippen molar-refractivity contribution in [2.24, 2.45) is 5.84 Å². The molecule has 0 aromatic carbocycles. The van der Waals surface area contributed by atoms with Crippen molar-refractivity contribution in [1.29, 1.82) is 0 Å². The first-order valence-corrected chi connectivity index (χ1v) is 5.90. The van der Waals surface area contributed by atoms with Crippen LogP contribution < -0.4 is 16.6 Å². The van der Waals surface area contributed by atoms with Gasteiger partial charge in [0.25, 0.3) is 0 Å². The van der Waals surface area contributed by atoms with E-state index >= 15 is 0 Å². The molecule has 7 heteroatoms. The molecule has 6 nitrogen and oxygen atoms in total. The summed E-state index contributed by atoms with van der Waals surface area (Å²) in [6.07, 6.45) is 2.70. The van der Waals surface area contributed by atoms with Gasteiger partial charge >= 0.3 is 0 Å². The summed E-state index contributed by atoms with van der Waals surface area (Å²) in [4.78, 5) is 7.65. The third kappa shape index (κ3) is 3.05. The van der Waals surface area contributed by atoms with Gasteiger partial charge in [-0.2, -0.15) is 4.98 Å². The van der Waals surface area contributed by atoms with Gasteiger partial charge in [-0.15, -0.1) is 0 Å². The van der Waals surface area contributed by atoms with Crippen LogP contribution in [0.3, 0.4) is 0 Å². The van der Waals surface area contributed by atoms with Gasteiger partial charge in [-0.3, -0.25) is 5.43 Å². The Labute approximate surface area is 105 Å². The lowest BCUT2D eigenvalue weighted by molar-refractivity contribution is -0.0553. The fourth-order valence-electron chi connectivity index (χ4n) is 2.09. The molecule has 0 aliphatic carbocycles. The average Bonchev–Trinajstić information content (AvgIpc) is 2.31. The molecule has 1 atom stereocenters. The maximum Gasteiger partial charge on any atom is 0.239 e. The summed E-state index contributed by atoms with van der Waals surface area (Å²) in [5.74, 6) is 5.06. The Morgan fingerprint density at radius 2 is 2.33 bits per heavy atom. The van der Waals surface area contributed by atoms with Gasteiger partial charge in [0.15, 0.2) is 11.6 Å². The van der Waals surface area contributed by atoms with E-state index in [1.54, 1.807) is 0 Å². The first kappa shape index (κ1) is 13.0. The SMILES string of the molecule is CC1(C)CC(Nc2nc(NN)ncc2F)CCO1. The second kappa shape index (κ2) is 5.03. The van der Waals surface area contributed by atoms with Crippen molar-refractivity contribution in [3.05, 3.63) is 12.0 Å². The standard InChI is InChI=1S/C11H18FN5O/c1-11(2)5-7(3-4-18-11)15-9-8(12)6-14-10(16-9)17-13/h6-7H,3-5,13H2,1-2H3,(H2,14,15,16,17). The van der Waals surface area contributed by atoms with Crippen molar-refractivity contribution in [2.45, 2.75) is 38.3 Å². The van der Waals surface area contributed by atoms with Crippen LogP contribution in [0.25, 0.3) is 0 Å². The molecular weight excluding hydrogens is 237 g/mol. The molecule has 1 fully saturated rings. The Balaban J connectivity index is 2.09. The summed E-state index contributed by atoms with van der Waals surface area (Å²) in [6, 6.07) is 0.128. The van der Waals surface area contributed by atoms with Crippen LogP contribution in [0.5, 0.6) is 0 Å². The van der Waals surface area contributed by atoms with Crippen molar-refractivity contribution in [1.82, 2.24) is 9.97 Å². The van der Waals surface area contributed by atoms with Crippen molar-refractivity contribution >= 4 is 11.8 Å². The number of nitrogen functional groups attached to an aromatic ring is 1. The minimum Gasteiger partial charge on any atom is -0.375 e. The predicted octanol–water partition coefficient (Wildman–Crippen LogP) is 1.27. The van der Waals surface area contributed by atoms with E-state index in [9.17, 15) is 4.39 Å². The summed E-state index contributed by atoms with van der Waals surface area (Å²) in [5.41, 5.74) is 2.09. The molecule has 2 heterocycles.